The summed E-state index contributed by atoms with van der Waals surface area (Å²) >= 11 is 5.72. The molecule has 0 spiro atoms. The van der Waals surface area contributed by atoms with Crippen LogP contribution >= 0.6 is 11.6 Å². The van der Waals surface area contributed by atoms with Crippen LogP contribution in [0.2, 0.25) is 0 Å². The van der Waals surface area contributed by atoms with Gasteiger partial charge < -0.3 is 9.64 Å². The van der Waals surface area contributed by atoms with Gasteiger partial charge in [-0.1, -0.05) is 5.21 Å². The predicted octanol–water partition coefficient (Wildman–Crippen LogP) is 2.59. The zero-order chi connectivity index (χ0) is 14.8. The number of carbonyl (C=O) groups is 1. The quantitative estimate of drug-likeness (QED) is 0.788. The van der Waals surface area contributed by atoms with E-state index in [1.54, 1.807) is 4.90 Å². The summed E-state index contributed by atoms with van der Waals surface area (Å²) in [5.41, 5.74) is 0.330. The smallest absolute Gasteiger partial charge is 0.410 e. The number of alkyl halides is 1. The van der Waals surface area contributed by atoms with Gasteiger partial charge in [-0.3, -0.25) is 0 Å². The molecule has 0 aromatic carbocycles. The van der Waals surface area contributed by atoms with Crippen LogP contribution < -0.4 is 0 Å². The molecular weight excluding hydrogens is 280 g/mol. The van der Waals surface area contributed by atoms with Crippen LogP contribution in [0.4, 0.5) is 4.79 Å². The van der Waals surface area contributed by atoms with Gasteiger partial charge in [0.1, 0.15) is 5.60 Å². The van der Waals surface area contributed by atoms with E-state index in [9.17, 15) is 4.79 Å². The van der Waals surface area contributed by atoms with Crippen LogP contribution in [0.15, 0.2) is 6.20 Å². The number of hydrogen-bond donors (Lipinski definition) is 0. The monoisotopic (exact) mass is 300 g/mol. The van der Waals surface area contributed by atoms with Gasteiger partial charge in [0.15, 0.2) is 0 Å². The minimum Gasteiger partial charge on any atom is -0.444 e. The van der Waals surface area contributed by atoms with Gasteiger partial charge in [-0.05, 0) is 33.6 Å². The highest BCUT2D eigenvalue weighted by Crippen LogP contribution is 2.23. The van der Waals surface area contributed by atoms with Gasteiger partial charge in [-0.2, -0.15) is 0 Å². The third-order valence-electron chi connectivity index (χ3n) is 3.18. The maximum absolute atomic E-state index is 12.0. The van der Waals surface area contributed by atoms with E-state index in [0.717, 1.165) is 18.5 Å². The van der Waals surface area contributed by atoms with Crippen molar-refractivity contribution in [3.63, 3.8) is 0 Å². The number of hydrogen-bond acceptors (Lipinski definition) is 4. The number of ether oxygens (including phenoxy) is 1. The fourth-order valence-corrected chi connectivity index (χ4v) is 2.31. The van der Waals surface area contributed by atoms with Crippen LogP contribution in [0.1, 0.15) is 45.3 Å². The standard InChI is InChI=1S/C13H21ClN4O2/c1-13(2,3)20-12(19)17-6-4-11(5-7-17)18-9-10(8-14)15-16-18/h9,11H,4-8H2,1-3H3. The van der Waals surface area contributed by atoms with Crippen LogP contribution in [-0.4, -0.2) is 44.7 Å². The highest BCUT2D eigenvalue weighted by Gasteiger charge is 2.27. The second-order valence-electron chi connectivity index (χ2n) is 6.02. The van der Waals surface area contributed by atoms with Gasteiger partial charge in [-0.15, -0.1) is 16.7 Å². The lowest BCUT2D eigenvalue weighted by Gasteiger charge is -2.33. The first kappa shape index (κ1) is 15.1. The molecule has 112 valence electrons. The van der Waals surface area contributed by atoms with Crippen molar-refractivity contribution in [2.24, 2.45) is 0 Å². The number of amides is 1. The van der Waals surface area contributed by atoms with E-state index in [4.69, 9.17) is 16.3 Å². The topological polar surface area (TPSA) is 60.2 Å². The molecule has 1 aliphatic heterocycles. The Kier molecular flexibility index (Phi) is 4.52. The Morgan fingerprint density at radius 1 is 1.45 bits per heavy atom. The molecule has 7 heteroatoms. The molecule has 6 nitrogen and oxygen atoms in total. The van der Waals surface area contributed by atoms with Gasteiger partial charge in [0.05, 0.1) is 17.6 Å². The number of carbonyl (C=O) groups excluding carboxylic acids is 1. The number of halogens is 1. The second-order valence-corrected chi connectivity index (χ2v) is 6.29. The van der Waals surface area contributed by atoms with Crippen molar-refractivity contribution in [1.82, 2.24) is 19.9 Å². The molecule has 0 atom stereocenters. The second kappa shape index (κ2) is 5.99. The summed E-state index contributed by atoms with van der Waals surface area (Å²) in [6.45, 7) is 6.98. The third-order valence-corrected chi connectivity index (χ3v) is 3.46. The van der Waals surface area contributed by atoms with Crippen molar-refractivity contribution in [3.8, 4) is 0 Å². The van der Waals surface area contributed by atoms with E-state index in [0.29, 0.717) is 19.0 Å². The first-order valence-electron chi connectivity index (χ1n) is 6.83. The van der Waals surface area contributed by atoms with E-state index >= 15 is 0 Å². The van der Waals surface area contributed by atoms with E-state index in [1.807, 2.05) is 31.6 Å². The summed E-state index contributed by atoms with van der Waals surface area (Å²) in [7, 11) is 0. The van der Waals surface area contributed by atoms with Crippen molar-refractivity contribution in [2.75, 3.05) is 13.1 Å². The summed E-state index contributed by atoms with van der Waals surface area (Å²) in [6, 6.07) is 0.276. The van der Waals surface area contributed by atoms with E-state index in [2.05, 4.69) is 10.3 Å². The van der Waals surface area contributed by atoms with Crippen molar-refractivity contribution >= 4 is 17.7 Å². The Hall–Kier alpha value is -1.30. The third kappa shape index (κ3) is 3.85. The molecule has 1 amide bonds. The average molecular weight is 301 g/mol. The number of piperidine rings is 1. The summed E-state index contributed by atoms with van der Waals surface area (Å²) in [5.74, 6) is 0.372. The molecule has 0 saturated carbocycles. The zero-order valence-electron chi connectivity index (χ0n) is 12.2. The highest BCUT2D eigenvalue weighted by molar-refractivity contribution is 6.16. The van der Waals surface area contributed by atoms with Crippen molar-refractivity contribution in [3.05, 3.63) is 11.9 Å². The minimum absolute atomic E-state index is 0.240. The van der Waals surface area contributed by atoms with Crippen LogP contribution in [0.25, 0.3) is 0 Å². The van der Waals surface area contributed by atoms with Gasteiger partial charge in [-0.25, -0.2) is 9.48 Å². The molecule has 1 aromatic heterocycles. The first-order valence-corrected chi connectivity index (χ1v) is 7.37. The lowest BCUT2D eigenvalue weighted by molar-refractivity contribution is 0.0184. The molecule has 20 heavy (non-hydrogen) atoms. The van der Waals surface area contributed by atoms with Crippen molar-refractivity contribution in [1.29, 1.82) is 0 Å². The highest BCUT2D eigenvalue weighted by atomic mass is 35.5. The normalized spacial score (nSPS) is 17.3. The lowest BCUT2D eigenvalue weighted by Crippen LogP contribution is -2.42. The van der Waals surface area contributed by atoms with Crippen molar-refractivity contribution in [2.45, 2.75) is 51.1 Å². The molecule has 1 saturated heterocycles. The van der Waals surface area contributed by atoms with Crippen LogP contribution in [0.5, 0.6) is 0 Å². The van der Waals surface area contributed by atoms with Gasteiger partial charge in [0.25, 0.3) is 0 Å². The molecule has 1 aliphatic rings. The Labute approximate surface area is 124 Å². The van der Waals surface area contributed by atoms with Gasteiger partial charge >= 0.3 is 6.09 Å². The molecule has 0 radical (unpaired) electrons. The summed E-state index contributed by atoms with van der Waals surface area (Å²) in [4.78, 5) is 13.7. The Morgan fingerprint density at radius 3 is 2.60 bits per heavy atom. The Morgan fingerprint density at radius 2 is 2.10 bits per heavy atom. The fourth-order valence-electron chi connectivity index (χ4n) is 2.19. The van der Waals surface area contributed by atoms with Crippen LogP contribution in [0.3, 0.4) is 0 Å². The van der Waals surface area contributed by atoms with E-state index in [-0.39, 0.29) is 12.1 Å². The zero-order valence-corrected chi connectivity index (χ0v) is 12.9. The van der Waals surface area contributed by atoms with E-state index in [1.165, 1.54) is 0 Å². The van der Waals surface area contributed by atoms with Crippen molar-refractivity contribution < 1.29 is 9.53 Å². The number of likely N-dealkylation sites (tertiary alicyclic amines) is 1. The van der Waals surface area contributed by atoms with E-state index < -0.39 is 5.60 Å². The summed E-state index contributed by atoms with van der Waals surface area (Å²) < 4.78 is 7.23. The molecule has 1 fully saturated rings. The SMILES string of the molecule is CC(C)(C)OC(=O)N1CCC(n2cc(CCl)nn2)CC1. The minimum atomic E-state index is -0.449. The average Bonchev–Trinajstić information content (AvgIpc) is 2.85. The fraction of sp³-hybridized carbons (Fsp3) is 0.769. The summed E-state index contributed by atoms with van der Waals surface area (Å²) in [5, 5.41) is 8.08. The number of rotatable bonds is 2. The predicted molar refractivity (Wildman–Crippen MR) is 75.7 cm³/mol. The molecule has 1 aromatic rings. The molecule has 0 N–H and O–H groups in total. The Bertz CT molecular complexity index is 461. The largest absolute Gasteiger partial charge is 0.444 e. The summed E-state index contributed by atoms with van der Waals surface area (Å²) in [6.07, 6.45) is 3.34. The number of aromatic nitrogens is 3. The first-order chi connectivity index (χ1) is 9.39. The molecule has 0 unspecified atom stereocenters. The maximum atomic E-state index is 12.0. The van der Waals surface area contributed by atoms with Gasteiger partial charge in [0, 0.05) is 19.3 Å². The Balaban J connectivity index is 1.87. The molecular formula is C13H21ClN4O2. The van der Waals surface area contributed by atoms with Crippen LogP contribution in [-0.2, 0) is 10.6 Å². The molecule has 2 rings (SSSR count). The molecule has 0 bridgehead atoms. The molecule has 0 aliphatic carbocycles. The number of nitrogens with zero attached hydrogens (tertiary/aromatic N) is 4. The molecule has 2 heterocycles. The van der Waals surface area contributed by atoms with Crippen LogP contribution in [0, 0.1) is 0 Å². The maximum Gasteiger partial charge on any atom is 0.410 e. The lowest BCUT2D eigenvalue weighted by atomic mass is 10.1. The van der Waals surface area contributed by atoms with Gasteiger partial charge in [0.2, 0.25) is 0 Å².